The van der Waals surface area contributed by atoms with E-state index >= 15 is 0 Å². The molecular weight excluding hydrogens is 320 g/mol. The summed E-state index contributed by atoms with van der Waals surface area (Å²) in [6.45, 7) is 2.02. The molecular formula is C16H19ClN2O2S. The molecule has 1 aromatic heterocycles. The summed E-state index contributed by atoms with van der Waals surface area (Å²) >= 11 is 10.8. The minimum atomic E-state index is -0.295. The SMILES string of the molecule is COC(=O)Cc1cnc(C(Cc2ccccc2Cl)C(C)S)[nH]1. The van der Waals surface area contributed by atoms with Crippen molar-refractivity contribution in [2.24, 2.45) is 0 Å². The maximum absolute atomic E-state index is 11.3. The highest BCUT2D eigenvalue weighted by Gasteiger charge is 2.21. The van der Waals surface area contributed by atoms with Crippen LogP contribution < -0.4 is 0 Å². The predicted molar refractivity (Wildman–Crippen MR) is 90.7 cm³/mol. The summed E-state index contributed by atoms with van der Waals surface area (Å²) in [6, 6.07) is 7.75. The molecule has 0 amide bonds. The maximum Gasteiger partial charge on any atom is 0.311 e. The monoisotopic (exact) mass is 338 g/mol. The van der Waals surface area contributed by atoms with Crippen LogP contribution in [0.15, 0.2) is 30.5 Å². The van der Waals surface area contributed by atoms with E-state index in [-0.39, 0.29) is 23.6 Å². The average molecular weight is 339 g/mol. The lowest BCUT2D eigenvalue weighted by atomic mass is 9.96. The van der Waals surface area contributed by atoms with Gasteiger partial charge < -0.3 is 9.72 Å². The van der Waals surface area contributed by atoms with Crippen molar-refractivity contribution in [2.75, 3.05) is 7.11 Å². The van der Waals surface area contributed by atoms with E-state index in [1.54, 1.807) is 6.20 Å². The standard InChI is InChI=1S/C16H19ClN2O2S/c1-10(22)13(7-11-5-3-4-6-14(11)17)16-18-9-12(19-16)8-15(20)21-2/h3-6,9-10,13,22H,7-8H2,1-2H3,(H,18,19). The smallest absolute Gasteiger partial charge is 0.311 e. The van der Waals surface area contributed by atoms with Crippen LogP contribution in [0.2, 0.25) is 5.02 Å². The molecule has 2 rings (SSSR count). The van der Waals surface area contributed by atoms with Gasteiger partial charge in [0.05, 0.1) is 13.5 Å². The van der Waals surface area contributed by atoms with E-state index < -0.39 is 0 Å². The van der Waals surface area contributed by atoms with E-state index in [0.717, 1.165) is 28.5 Å². The number of rotatable bonds is 6. The second-order valence-corrected chi connectivity index (χ2v) is 6.41. The Morgan fingerprint density at radius 3 is 2.82 bits per heavy atom. The molecule has 0 saturated heterocycles. The second kappa shape index (κ2) is 7.70. The van der Waals surface area contributed by atoms with Crippen molar-refractivity contribution in [3.8, 4) is 0 Å². The third kappa shape index (κ3) is 4.27. The fourth-order valence-electron chi connectivity index (χ4n) is 2.28. The van der Waals surface area contributed by atoms with Crippen molar-refractivity contribution in [2.45, 2.75) is 30.9 Å². The van der Waals surface area contributed by atoms with Gasteiger partial charge in [-0.05, 0) is 18.1 Å². The maximum atomic E-state index is 11.3. The fraction of sp³-hybridized carbons (Fsp3) is 0.375. The fourth-order valence-corrected chi connectivity index (χ4v) is 2.74. The normalized spacial score (nSPS) is 13.6. The number of hydrogen-bond acceptors (Lipinski definition) is 4. The highest BCUT2D eigenvalue weighted by atomic mass is 35.5. The third-order valence-corrected chi connectivity index (χ3v) is 4.27. The molecule has 0 spiro atoms. The van der Waals surface area contributed by atoms with Gasteiger partial charge in [-0.3, -0.25) is 4.79 Å². The molecule has 0 aliphatic carbocycles. The average Bonchev–Trinajstić information content (AvgIpc) is 2.94. The van der Waals surface area contributed by atoms with Crippen LogP contribution in [-0.2, 0) is 22.4 Å². The minimum Gasteiger partial charge on any atom is -0.469 e. The third-order valence-electron chi connectivity index (χ3n) is 3.54. The molecule has 1 N–H and O–H groups in total. The lowest BCUT2D eigenvalue weighted by Crippen LogP contribution is -2.15. The topological polar surface area (TPSA) is 55.0 Å². The molecule has 22 heavy (non-hydrogen) atoms. The number of carbonyl (C=O) groups is 1. The van der Waals surface area contributed by atoms with Crippen LogP contribution >= 0.6 is 24.2 Å². The Bertz CT molecular complexity index is 643. The van der Waals surface area contributed by atoms with Gasteiger partial charge in [-0.2, -0.15) is 12.6 Å². The van der Waals surface area contributed by atoms with Crippen LogP contribution in [0, 0.1) is 0 Å². The van der Waals surface area contributed by atoms with Crippen molar-refractivity contribution in [1.29, 1.82) is 0 Å². The predicted octanol–water partition coefficient (Wildman–Crippen LogP) is 3.42. The zero-order valence-electron chi connectivity index (χ0n) is 12.5. The Morgan fingerprint density at radius 2 is 2.18 bits per heavy atom. The highest BCUT2D eigenvalue weighted by Crippen LogP contribution is 2.28. The van der Waals surface area contributed by atoms with E-state index in [9.17, 15) is 4.79 Å². The first kappa shape index (κ1) is 16.9. The lowest BCUT2D eigenvalue weighted by Gasteiger charge is -2.18. The van der Waals surface area contributed by atoms with Crippen LogP contribution in [-0.4, -0.2) is 28.3 Å². The van der Waals surface area contributed by atoms with Crippen molar-refractivity contribution in [1.82, 2.24) is 9.97 Å². The quantitative estimate of drug-likeness (QED) is 0.626. The molecule has 4 nitrogen and oxygen atoms in total. The molecule has 1 heterocycles. The lowest BCUT2D eigenvalue weighted by molar-refractivity contribution is -0.139. The Balaban J connectivity index is 2.18. The van der Waals surface area contributed by atoms with Gasteiger partial charge in [0.15, 0.2) is 0 Å². The van der Waals surface area contributed by atoms with Crippen molar-refractivity contribution in [3.05, 3.63) is 52.6 Å². The Hall–Kier alpha value is -1.46. The van der Waals surface area contributed by atoms with Gasteiger partial charge in [-0.1, -0.05) is 36.7 Å². The van der Waals surface area contributed by atoms with Crippen LogP contribution in [0.25, 0.3) is 0 Å². The Labute approximate surface area is 140 Å². The van der Waals surface area contributed by atoms with Gasteiger partial charge >= 0.3 is 5.97 Å². The molecule has 0 fully saturated rings. The molecule has 0 saturated carbocycles. The van der Waals surface area contributed by atoms with Crippen LogP contribution in [0.5, 0.6) is 0 Å². The molecule has 2 unspecified atom stereocenters. The summed E-state index contributed by atoms with van der Waals surface area (Å²) in [5.74, 6) is 0.590. The first-order valence-electron chi connectivity index (χ1n) is 7.03. The number of imidazole rings is 1. The number of carbonyl (C=O) groups excluding carboxylic acids is 1. The van der Waals surface area contributed by atoms with E-state index in [1.807, 2.05) is 31.2 Å². The van der Waals surface area contributed by atoms with E-state index in [0.29, 0.717) is 0 Å². The number of nitrogens with zero attached hydrogens (tertiary/aromatic N) is 1. The summed E-state index contributed by atoms with van der Waals surface area (Å²) in [4.78, 5) is 18.9. The molecule has 2 aromatic rings. The molecule has 118 valence electrons. The number of methoxy groups -OCH3 is 1. The number of halogens is 1. The van der Waals surface area contributed by atoms with E-state index in [1.165, 1.54) is 7.11 Å². The second-order valence-electron chi connectivity index (χ2n) is 5.19. The van der Waals surface area contributed by atoms with Crippen molar-refractivity contribution < 1.29 is 9.53 Å². The van der Waals surface area contributed by atoms with Gasteiger partial charge in [0.1, 0.15) is 5.82 Å². The molecule has 0 aliphatic rings. The van der Waals surface area contributed by atoms with Crippen LogP contribution in [0.1, 0.15) is 29.9 Å². The van der Waals surface area contributed by atoms with Crippen LogP contribution in [0.4, 0.5) is 0 Å². The molecule has 0 aliphatic heterocycles. The van der Waals surface area contributed by atoms with Gasteiger partial charge in [0, 0.05) is 28.1 Å². The summed E-state index contributed by atoms with van der Waals surface area (Å²) < 4.78 is 4.66. The van der Waals surface area contributed by atoms with E-state index in [2.05, 4.69) is 27.3 Å². The number of esters is 1. The number of hydrogen-bond donors (Lipinski definition) is 2. The minimum absolute atomic E-state index is 0.0784. The zero-order valence-corrected chi connectivity index (χ0v) is 14.2. The number of H-pyrrole nitrogens is 1. The largest absolute Gasteiger partial charge is 0.469 e. The van der Waals surface area contributed by atoms with Gasteiger partial charge in [-0.15, -0.1) is 0 Å². The number of aromatic nitrogens is 2. The molecule has 0 bridgehead atoms. The van der Waals surface area contributed by atoms with Crippen molar-refractivity contribution >= 4 is 30.2 Å². The molecule has 2 atom stereocenters. The Morgan fingerprint density at radius 1 is 1.45 bits per heavy atom. The molecule has 0 radical (unpaired) electrons. The first-order chi connectivity index (χ1) is 10.5. The summed E-state index contributed by atoms with van der Waals surface area (Å²) in [7, 11) is 1.37. The van der Waals surface area contributed by atoms with E-state index in [4.69, 9.17) is 11.6 Å². The molecule has 1 aromatic carbocycles. The van der Waals surface area contributed by atoms with Crippen LogP contribution in [0.3, 0.4) is 0 Å². The number of thiol groups is 1. The summed E-state index contributed by atoms with van der Waals surface area (Å²) in [5.41, 5.74) is 1.79. The van der Waals surface area contributed by atoms with Crippen molar-refractivity contribution in [3.63, 3.8) is 0 Å². The number of nitrogens with one attached hydrogen (secondary N) is 1. The highest BCUT2D eigenvalue weighted by molar-refractivity contribution is 7.81. The summed E-state index contributed by atoms with van der Waals surface area (Å²) in [6.07, 6.45) is 2.58. The zero-order chi connectivity index (χ0) is 16.1. The Kier molecular flexibility index (Phi) is 5.91. The number of ether oxygens (including phenoxy) is 1. The molecule has 6 heteroatoms. The number of benzene rings is 1. The van der Waals surface area contributed by atoms with Gasteiger partial charge in [0.2, 0.25) is 0 Å². The van der Waals surface area contributed by atoms with Gasteiger partial charge in [-0.25, -0.2) is 4.98 Å². The van der Waals surface area contributed by atoms with Gasteiger partial charge in [0.25, 0.3) is 0 Å². The number of aromatic amines is 1. The first-order valence-corrected chi connectivity index (χ1v) is 7.92. The summed E-state index contributed by atoms with van der Waals surface area (Å²) in [5, 5.41) is 0.830.